The fourth-order valence-electron chi connectivity index (χ4n) is 3.42. The molecule has 3 aromatic heterocycles. The van der Waals surface area contributed by atoms with Gasteiger partial charge in [-0.25, -0.2) is 9.50 Å². The summed E-state index contributed by atoms with van der Waals surface area (Å²) in [5.74, 6) is 0.994. The second kappa shape index (κ2) is 5.56. The number of aromatic nitrogens is 5. The number of hydrogen-bond donors (Lipinski definition) is 2. The van der Waals surface area contributed by atoms with Crippen molar-refractivity contribution in [2.45, 2.75) is 6.92 Å². The van der Waals surface area contributed by atoms with E-state index in [4.69, 9.17) is 5.10 Å². The van der Waals surface area contributed by atoms with Crippen LogP contribution in [0.5, 0.6) is 0 Å². The molecule has 7 heteroatoms. The van der Waals surface area contributed by atoms with Gasteiger partial charge in [-0.15, -0.1) is 5.10 Å². The average Bonchev–Trinajstić information content (AvgIpc) is 3.25. The first kappa shape index (κ1) is 14.4. The Morgan fingerprint density at radius 2 is 1.96 bits per heavy atom. The third-order valence-electron chi connectivity index (χ3n) is 4.83. The molecule has 7 nitrogen and oxygen atoms in total. The van der Waals surface area contributed by atoms with Crippen molar-refractivity contribution in [2.75, 3.05) is 31.1 Å². The van der Waals surface area contributed by atoms with E-state index < -0.39 is 0 Å². The Labute approximate surface area is 144 Å². The molecule has 25 heavy (non-hydrogen) atoms. The maximum atomic E-state index is 4.85. The molecule has 1 aromatic carbocycles. The number of aryl methyl sites for hydroxylation is 1. The lowest BCUT2D eigenvalue weighted by molar-refractivity contribution is 0.582. The molecule has 4 aromatic rings. The molecule has 0 amide bonds. The van der Waals surface area contributed by atoms with Gasteiger partial charge >= 0.3 is 0 Å². The normalized spacial score (nSPS) is 15.3. The zero-order valence-electron chi connectivity index (χ0n) is 14.0. The fourth-order valence-corrected chi connectivity index (χ4v) is 3.42. The topological polar surface area (TPSA) is 74.1 Å². The van der Waals surface area contributed by atoms with Crippen LogP contribution in [0.25, 0.3) is 27.8 Å². The van der Waals surface area contributed by atoms with Crippen molar-refractivity contribution in [3.8, 4) is 11.3 Å². The lowest BCUT2D eigenvalue weighted by Gasteiger charge is -2.28. The minimum Gasteiger partial charge on any atom is -0.353 e. The number of nitrogens with zero attached hydrogens (tertiary/aromatic N) is 5. The lowest BCUT2D eigenvalue weighted by Crippen LogP contribution is -2.44. The van der Waals surface area contributed by atoms with Gasteiger partial charge in [0.25, 0.3) is 0 Å². The number of H-pyrrole nitrogens is 1. The van der Waals surface area contributed by atoms with Gasteiger partial charge in [0.05, 0.1) is 17.4 Å². The third kappa shape index (κ3) is 2.35. The molecule has 4 heterocycles. The zero-order valence-corrected chi connectivity index (χ0v) is 14.0. The Morgan fingerprint density at radius 3 is 2.84 bits per heavy atom. The van der Waals surface area contributed by atoms with Crippen LogP contribution in [0, 0.1) is 6.92 Å². The van der Waals surface area contributed by atoms with E-state index in [1.165, 1.54) is 0 Å². The molecular weight excluding hydrogens is 314 g/mol. The second-order valence-corrected chi connectivity index (χ2v) is 6.42. The van der Waals surface area contributed by atoms with Crippen molar-refractivity contribution in [2.24, 2.45) is 0 Å². The smallest absolute Gasteiger partial charge is 0.154 e. The summed E-state index contributed by atoms with van der Waals surface area (Å²) in [6.07, 6.45) is 1.89. The van der Waals surface area contributed by atoms with Crippen LogP contribution in [0.4, 0.5) is 5.82 Å². The molecule has 1 aliphatic rings. The lowest BCUT2D eigenvalue weighted by atomic mass is 10.1. The van der Waals surface area contributed by atoms with Crippen LogP contribution in [-0.2, 0) is 0 Å². The Hall–Kier alpha value is -2.93. The van der Waals surface area contributed by atoms with E-state index in [-0.39, 0.29) is 0 Å². The van der Waals surface area contributed by atoms with Crippen molar-refractivity contribution in [1.29, 1.82) is 0 Å². The number of anilines is 1. The largest absolute Gasteiger partial charge is 0.353 e. The number of hydrogen-bond acceptors (Lipinski definition) is 5. The van der Waals surface area contributed by atoms with Crippen LogP contribution in [0.2, 0.25) is 0 Å². The van der Waals surface area contributed by atoms with Gasteiger partial charge in [0.15, 0.2) is 5.65 Å². The summed E-state index contributed by atoms with van der Waals surface area (Å²) in [6.45, 7) is 5.97. The molecule has 2 N–H and O–H groups in total. The highest BCUT2D eigenvalue weighted by Gasteiger charge is 2.15. The molecule has 0 atom stereocenters. The molecule has 0 spiro atoms. The predicted octanol–water partition coefficient (Wildman–Crippen LogP) is 1.99. The van der Waals surface area contributed by atoms with Crippen LogP contribution < -0.4 is 10.2 Å². The van der Waals surface area contributed by atoms with Crippen LogP contribution in [0.3, 0.4) is 0 Å². The van der Waals surface area contributed by atoms with E-state index in [9.17, 15) is 0 Å². The van der Waals surface area contributed by atoms with Crippen LogP contribution >= 0.6 is 0 Å². The maximum Gasteiger partial charge on any atom is 0.154 e. The summed E-state index contributed by atoms with van der Waals surface area (Å²) >= 11 is 0. The molecule has 0 radical (unpaired) electrons. The molecule has 5 rings (SSSR count). The highest BCUT2D eigenvalue weighted by atomic mass is 15.3. The zero-order chi connectivity index (χ0) is 16.8. The van der Waals surface area contributed by atoms with E-state index in [1.54, 1.807) is 0 Å². The Morgan fingerprint density at radius 1 is 1.08 bits per heavy atom. The molecule has 0 aliphatic carbocycles. The first-order valence-electron chi connectivity index (χ1n) is 8.55. The number of piperazine rings is 1. The molecule has 1 aliphatic heterocycles. The van der Waals surface area contributed by atoms with Gasteiger partial charge in [0.1, 0.15) is 5.82 Å². The van der Waals surface area contributed by atoms with Crippen molar-refractivity contribution in [3.05, 3.63) is 42.2 Å². The standard InChI is InChI=1S/C18H19N7/c1-12-14-10-13(2-3-15(14)22-21-12)16-11-20-17-4-5-18(23-25(16)17)24-8-6-19-7-9-24/h2-5,10-11,19H,6-9H2,1H3,(H,21,22). The molecule has 0 unspecified atom stereocenters. The van der Waals surface area contributed by atoms with Crippen LogP contribution in [0.15, 0.2) is 36.5 Å². The number of imidazole rings is 1. The predicted molar refractivity (Wildman–Crippen MR) is 97.9 cm³/mol. The number of rotatable bonds is 2. The summed E-state index contributed by atoms with van der Waals surface area (Å²) in [4.78, 5) is 6.83. The minimum atomic E-state index is 0.859. The monoisotopic (exact) mass is 333 g/mol. The number of nitrogens with one attached hydrogen (secondary N) is 2. The summed E-state index contributed by atoms with van der Waals surface area (Å²) < 4.78 is 1.94. The number of benzene rings is 1. The Kier molecular flexibility index (Phi) is 3.21. The Bertz CT molecular complexity index is 1060. The summed E-state index contributed by atoms with van der Waals surface area (Å²) in [5.41, 5.74) is 4.99. The minimum absolute atomic E-state index is 0.859. The van der Waals surface area contributed by atoms with Crippen LogP contribution in [0.1, 0.15) is 5.69 Å². The molecule has 126 valence electrons. The Balaban J connectivity index is 1.63. The SMILES string of the molecule is Cc1[nH]nc2ccc(-c3cnc4ccc(N5CCNCC5)nn34)cc12. The van der Waals surface area contributed by atoms with E-state index in [0.29, 0.717) is 0 Å². The van der Waals surface area contributed by atoms with E-state index >= 15 is 0 Å². The maximum absolute atomic E-state index is 4.85. The van der Waals surface area contributed by atoms with Gasteiger partial charge in [0.2, 0.25) is 0 Å². The first-order valence-corrected chi connectivity index (χ1v) is 8.55. The summed E-state index contributed by atoms with van der Waals surface area (Å²) in [7, 11) is 0. The second-order valence-electron chi connectivity index (χ2n) is 6.42. The summed E-state index contributed by atoms with van der Waals surface area (Å²) in [6, 6.07) is 10.4. The van der Waals surface area contributed by atoms with E-state index in [1.807, 2.05) is 29.8 Å². The van der Waals surface area contributed by atoms with Crippen molar-refractivity contribution < 1.29 is 0 Å². The molecule has 1 saturated heterocycles. The van der Waals surface area contributed by atoms with Gasteiger partial charge in [-0.05, 0) is 31.2 Å². The molecule has 0 saturated carbocycles. The van der Waals surface area contributed by atoms with E-state index in [0.717, 1.165) is 65.5 Å². The van der Waals surface area contributed by atoms with Gasteiger partial charge < -0.3 is 10.2 Å². The molecule has 0 bridgehead atoms. The molecular formula is C18H19N7. The van der Waals surface area contributed by atoms with E-state index in [2.05, 4.69) is 43.6 Å². The van der Waals surface area contributed by atoms with Gasteiger partial charge in [-0.3, -0.25) is 5.10 Å². The highest BCUT2D eigenvalue weighted by molar-refractivity contribution is 5.86. The van der Waals surface area contributed by atoms with Gasteiger partial charge in [0, 0.05) is 42.8 Å². The van der Waals surface area contributed by atoms with Crippen LogP contribution in [-0.4, -0.2) is 51.0 Å². The van der Waals surface area contributed by atoms with Crippen molar-refractivity contribution in [1.82, 2.24) is 30.1 Å². The van der Waals surface area contributed by atoms with Crippen molar-refractivity contribution in [3.63, 3.8) is 0 Å². The van der Waals surface area contributed by atoms with Crippen molar-refractivity contribution >= 4 is 22.4 Å². The third-order valence-corrected chi connectivity index (χ3v) is 4.83. The highest BCUT2D eigenvalue weighted by Crippen LogP contribution is 2.26. The summed E-state index contributed by atoms with van der Waals surface area (Å²) in [5, 5.41) is 16.7. The molecule has 1 fully saturated rings. The first-order chi connectivity index (χ1) is 12.3. The fraction of sp³-hybridized carbons (Fsp3) is 0.278. The number of fused-ring (bicyclic) bond motifs is 2. The average molecular weight is 333 g/mol. The van der Waals surface area contributed by atoms with Gasteiger partial charge in [-0.1, -0.05) is 6.07 Å². The quantitative estimate of drug-likeness (QED) is 0.587. The number of aromatic amines is 1. The van der Waals surface area contributed by atoms with Gasteiger partial charge in [-0.2, -0.15) is 5.10 Å².